The van der Waals surface area contributed by atoms with E-state index in [4.69, 9.17) is 5.73 Å². The van der Waals surface area contributed by atoms with Gasteiger partial charge >= 0.3 is 0 Å². The molecule has 12 nitrogen and oxygen atoms in total. The second-order valence-corrected chi connectivity index (χ2v) is 12.6. The third kappa shape index (κ3) is 23.4. The van der Waals surface area contributed by atoms with Crippen LogP contribution in [0.15, 0.2) is 0 Å². The highest BCUT2D eigenvalue weighted by Gasteiger charge is 2.19. The topological polar surface area (TPSA) is 173 Å². The van der Waals surface area contributed by atoms with Crippen molar-refractivity contribution in [2.24, 2.45) is 23.5 Å². The average Bonchev–Trinajstić information content (AvgIpc) is 2.94. The quantitative estimate of drug-likeness (QED) is 0.0315. The molecule has 0 aromatic rings. The van der Waals surface area contributed by atoms with Crippen LogP contribution in [-0.4, -0.2) is 108 Å². The van der Waals surface area contributed by atoms with Crippen LogP contribution in [0.3, 0.4) is 0 Å². The lowest BCUT2D eigenvalue weighted by atomic mass is 9.99. The molecule has 0 bridgehead atoms. The Morgan fingerprint density at radius 1 is 0.767 bits per heavy atom. The number of rotatable bonds is 29. The molecule has 0 aliphatic carbocycles. The third-order valence-electron chi connectivity index (χ3n) is 7.56. The van der Waals surface area contributed by atoms with Crippen molar-refractivity contribution in [1.82, 2.24) is 42.5 Å². The molecule has 2 amide bonds. The summed E-state index contributed by atoms with van der Waals surface area (Å²) in [6.45, 7) is 17.6. The number of hydrogen-bond acceptors (Lipinski definition) is 10. The number of likely N-dealkylation sites (N-methyl/N-ethyl adjacent to an activating group) is 1. The molecule has 0 fully saturated rings. The Balaban J connectivity index is 4.65. The number of carbonyl (C=O) groups is 3. The van der Waals surface area contributed by atoms with Crippen LogP contribution in [0.4, 0.5) is 0 Å². The van der Waals surface area contributed by atoms with Crippen LogP contribution in [0, 0.1) is 17.8 Å². The van der Waals surface area contributed by atoms with Gasteiger partial charge in [0.25, 0.3) is 0 Å². The number of aldehydes is 1. The van der Waals surface area contributed by atoms with Crippen molar-refractivity contribution in [3.8, 4) is 0 Å². The summed E-state index contributed by atoms with van der Waals surface area (Å²) in [5, 5.41) is 26.2. The number of nitrogens with two attached hydrogens (primary N) is 1. The lowest BCUT2D eigenvalue weighted by Crippen LogP contribution is -2.51. The molecule has 43 heavy (non-hydrogen) atoms. The van der Waals surface area contributed by atoms with Crippen LogP contribution < -0.4 is 48.3 Å². The molecule has 0 aromatic carbocycles. The van der Waals surface area contributed by atoms with Gasteiger partial charge in [0.1, 0.15) is 6.29 Å². The lowest BCUT2D eigenvalue weighted by Gasteiger charge is -2.26. The zero-order valence-electron chi connectivity index (χ0n) is 28.3. The number of hydrogen-bond donors (Lipinski definition) is 9. The zero-order valence-corrected chi connectivity index (χ0v) is 28.3. The van der Waals surface area contributed by atoms with Crippen molar-refractivity contribution < 1.29 is 14.4 Å². The molecule has 0 aliphatic rings. The molecule has 0 saturated heterocycles. The molecule has 5 atom stereocenters. The highest BCUT2D eigenvalue weighted by molar-refractivity contribution is 5.79. The predicted octanol–water partition coefficient (Wildman–Crippen LogP) is -0.106. The summed E-state index contributed by atoms with van der Waals surface area (Å²) >= 11 is 0. The summed E-state index contributed by atoms with van der Waals surface area (Å²) in [6.07, 6.45) is 5.56. The summed E-state index contributed by atoms with van der Waals surface area (Å²) in [5.41, 5.74) is 5.64. The first kappa shape index (κ1) is 41.3. The van der Waals surface area contributed by atoms with Gasteiger partial charge in [0.2, 0.25) is 11.8 Å². The molecule has 12 heteroatoms. The Morgan fingerprint density at radius 2 is 1.30 bits per heavy atom. The van der Waals surface area contributed by atoms with Crippen molar-refractivity contribution >= 4 is 18.1 Å². The standard InChI is InChI=1S/C31H67N9O3/c1-8-25(6)29(38-22-37-16-26(33-7)10-9-11-32)19-36-21-31(43)40-28(15-24(4)5)18-35-20-30(42)39-27(14-23(2)3)17-34-12-13-41/h13,23-29,33-38H,8-12,14-22,32H2,1-7H3,(H,39,42)(H,40,43)/t25?,26-,27-,28-,29?/m0/s1. The van der Waals surface area contributed by atoms with Crippen molar-refractivity contribution in [1.29, 1.82) is 0 Å². The van der Waals surface area contributed by atoms with E-state index in [1.165, 1.54) is 0 Å². The van der Waals surface area contributed by atoms with Crippen molar-refractivity contribution in [2.75, 3.05) is 66.1 Å². The van der Waals surface area contributed by atoms with Gasteiger partial charge in [-0.1, -0.05) is 48.0 Å². The highest BCUT2D eigenvalue weighted by Crippen LogP contribution is 2.07. The van der Waals surface area contributed by atoms with Crippen LogP contribution in [-0.2, 0) is 14.4 Å². The maximum Gasteiger partial charge on any atom is 0.234 e. The Kier molecular flexibility index (Phi) is 25.7. The summed E-state index contributed by atoms with van der Waals surface area (Å²) in [4.78, 5) is 36.0. The molecule has 0 radical (unpaired) electrons. The molecular formula is C31H67N9O3. The van der Waals surface area contributed by atoms with Crippen molar-refractivity contribution in [3.63, 3.8) is 0 Å². The van der Waals surface area contributed by atoms with E-state index in [-0.39, 0.29) is 49.6 Å². The lowest BCUT2D eigenvalue weighted by molar-refractivity contribution is -0.121. The first-order valence-electron chi connectivity index (χ1n) is 16.5. The van der Waals surface area contributed by atoms with E-state index in [9.17, 15) is 14.4 Å². The van der Waals surface area contributed by atoms with Crippen LogP contribution >= 0.6 is 0 Å². The van der Waals surface area contributed by atoms with Crippen LogP contribution in [0.1, 0.15) is 73.6 Å². The molecule has 0 heterocycles. The zero-order chi connectivity index (χ0) is 32.5. The summed E-state index contributed by atoms with van der Waals surface area (Å²) in [7, 11) is 1.98. The fourth-order valence-electron chi connectivity index (χ4n) is 5.02. The molecule has 2 unspecified atom stereocenters. The molecule has 10 N–H and O–H groups in total. The fourth-order valence-corrected chi connectivity index (χ4v) is 5.02. The van der Waals surface area contributed by atoms with Gasteiger partial charge in [-0.15, -0.1) is 0 Å². The minimum atomic E-state index is -0.0926. The molecule has 254 valence electrons. The first-order valence-corrected chi connectivity index (χ1v) is 16.5. The van der Waals surface area contributed by atoms with Gasteiger partial charge in [-0.05, 0) is 57.0 Å². The number of nitrogens with one attached hydrogen (secondary N) is 8. The van der Waals surface area contributed by atoms with Gasteiger partial charge in [-0.3, -0.25) is 9.59 Å². The van der Waals surface area contributed by atoms with Crippen LogP contribution in [0.5, 0.6) is 0 Å². The number of amides is 2. The monoisotopic (exact) mass is 614 g/mol. The Labute approximate surface area is 262 Å². The van der Waals surface area contributed by atoms with Gasteiger partial charge in [-0.2, -0.15) is 0 Å². The minimum absolute atomic E-state index is 0.0393. The van der Waals surface area contributed by atoms with Crippen LogP contribution in [0.2, 0.25) is 0 Å². The second kappa shape index (κ2) is 26.7. The first-order chi connectivity index (χ1) is 20.6. The van der Waals surface area contributed by atoms with E-state index in [1.54, 1.807) is 0 Å². The average molecular weight is 614 g/mol. The van der Waals surface area contributed by atoms with E-state index < -0.39 is 0 Å². The molecule has 0 spiro atoms. The van der Waals surface area contributed by atoms with Crippen LogP contribution in [0.25, 0.3) is 0 Å². The van der Waals surface area contributed by atoms with E-state index in [1.807, 2.05) is 7.05 Å². The van der Waals surface area contributed by atoms with E-state index >= 15 is 0 Å². The van der Waals surface area contributed by atoms with E-state index in [0.29, 0.717) is 56.6 Å². The SMILES string of the molecule is CCC(C)C(CNCC(=O)N[C@H](CNCC(=O)N[C@H](CNCC=O)CC(C)C)CC(C)C)NCNC[C@H](CCCN)NC. The van der Waals surface area contributed by atoms with Gasteiger partial charge in [0, 0.05) is 57.0 Å². The maximum atomic E-state index is 12.8. The van der Waals surface area contributed by atoms with E-state index in [0.717, 1.165) is 44.9 Å². The Morgan fingerprint density at radius 3 is 1.79 bits per heavy atom. The molecular weight excluding hydrogens is 546 g/mol. The van der Waals surface area contributed by atoms with Gasteiger partial charge in [0.15, 0.2) is 0 Å². The predicted molar refractivity (Wildman–Crippen MR) is 178 cm³/mol. The molecule has 0 rings (SSSR count). The summed E-state index contributed by atoms with van der Waals surface area (Å²) in [5.74, 6) is 1.14. The van der Waals surface area contributed by atoms with E-state index in [2.05, 4.69) is 84.1 Å². The Bertz CT molecular complexity index is 712. The molecule has 0 saturated carbocycles. The normalized spacial score (nSPS) is 15.2. The van der Waals surface area contributed by atoms with Crippen molar-refractivity contribution in [2.45, 2.75) is 97.8 Å². The fraction of sp³-hybridized carbons (Fsp3) is 0.903. The van der Waals surface area contributed by atoms with Crippen molar-refractivity contribution in [3.05, 3.63) is 0 Å². The smallest absolute Gasteiger partial charge is 0.234 e. The van der Waals surface area contributed by atoms with Gasteiger partial charge in [0.05, 0.1) is 19.6 Å². The summed E-state index contributed by atoms with van der Waals surface area (Å²) in [6, 6.07) is 0.523. The minimum Gasteiger partial charge on any atom is -0.351 e. The Hall–Kier alpha value is -1.67. The van der Waals surface area contributed by atoms with Gasteiger partial charge in [-0.25, -0.2) is 0 Å². The second-order valence-electron chi connectivity index (χ2n) is 12.6. The molecule has 0 aliphatic heterocycles. The largest absolute Gasteiger partial charge is 0.351 e. The maximum absolute atomic E-state index is 12.8. The van der Waals surface area contributed by atoms with Gasteiger partial charge < -0.3 is 53.1 Å². The number of carbonyl (C=O) groups excluding carboxylic acids is 3. The molecule has 0 aromatic heterocycles. The third-order valence-corrected chi connectivity index (χ3v) is 7.56. The summed E-state index contributed by atoms with van der Waals surface area (Å²) < 4.78 is 0. The highest BCUT2D eigenvalue weighted by atomic mass is 16.2.